The molecule has 1 amide bonds. The van der Waals surface area contributed by atoms with Crippen LogP contribution >= 0.6 is 11.3 Å². The van der Waals surface area contributed by atoms with Crippen LogP contribution in [0.15, 0.2) is 24.7 Å². The summed E-state index contributed by atoms with van der Waals surface area (Å²) in [6, 6.07) is 4.27. The molecule has 3 rings (SSSR count). The Morgan fingerprint density at radius 1 is 1.38 bits per heavy atom. The van der Waals surface area contributed by atoms with Gasteiger partial charge in [0.15, 0.2) is 0 Å². The lowest BCUT2D eigenvalue weighted by Gasteiger charge is -2.35. The number of imidazole rings is 1. The third-order valence-corrected chi connectivity index (χ3v) is 5.82. The fourth-order valence-electron chi connectivity index (χ4n) is 3.35. The van der Waals surface area contributed by atoms with Gasteiger partial charge in [-0.2, -0.15) is 0 Å². The molecule has 130 valence electrons. The topological polar surface area (TPSA) is 41.4 Å². The second-order valence-corrected chi connectivity index (χ2v) is 7.65. The Hall–Kier alpha value is -1.66. The smallest absolute Gasteiger partial charge is 0.264 e. The molecule has 3 heterocycles. The highest BCUT2D eigenvalue weighted by atomic mass is 32.1. The average molecular weight is 347 g/mol. The SMILES string of the molecule is CCN(CC)CCC1CN(C(=O)c2ccc(C)s2)Cc2cncn21. The van der Waals surface area contributed by atoms with Crippen molar-refractivity contribution in [3.8, 4) is 0 Å². The van der Waals surface area contributed by atoms with Gasteiger partial charge >= 0.3 is 0 Å². The number of hydrogen-bond donors (Lipinski definition) is 0. The van der Waals surface area contributed by atoms with Crippen molar-refractivity contribution in [3.05, 3.63) is 40.1 Å². The van der Waals surface area contributed by atoms with Gasteiger partial charge in [0, 0.05) is 24.2 Å². The highest BCUT2D eigenvalue weighted by Crippen LogP contribution is 2.26. The predicted molar refractivity (Wildman–Crippen MR) is 97.5 cm³/mol. The van der Waals surface area contributed by atoms with Crippen LogP contribution in [0.2, 0.25) is 0 Å². The van der Waals surface area contributed by atoms with Crippen molar-refractivity contribution in [3.63, 3.8) is 0 Å². The summed E-state index contributed by atoms with van der Waals surface area (Å²) >= 11 is 1.58. The van der Waals surface area contributed by atoms with Gasteiger partial charge in [0.25, 0.3) is 5.91 Å². The van der Waals surface area contributed by atoms with Crippen LogP contribution in [0.3, 0.4) is 0 Å². The van der Waals surface area contributed by atoms with E-state index in [4.69, 9.17) is 0 Å². The zero-order valence-corrected chi connectivity index (χ0v) is 15.6. The van der Waals surface area contributed by atoms with Gasteiger partial charge in [0.1, 0.15) is 0 Å². The molecule has 1 aliphatic heterocycles. The zero-order chi connectivity index (χ0) is 17.1. The number of thiophene rings is 1. The Morgan fingerprint density at radius 3 is 2.83 bits per heavy atom. The second kappa shape index (κ2) is 7.49. The van der Waals surface area contributed by atoms with Crippen LogP contribution in [0.5, 0.6) is 0 Å². The molecule has 1 aliphatic rings. The number of hydrogen-bond acceptors (Lipinski definition) is 4. The maximum absolute atomic E-state index is 12.8. The number of aromatic nitrogens is 2. The van der Waals surface area contributed by atoms with E-state index in [1.54, 1.807) is 11.3 Å². The van der Waals surface area contributed by atoms with Crippen molar-refractivity contribution in [2.24, 2.45) is 0 Å². The number of rotatable bonds is 6. The number of nitrogens with zero attached hydrogens (tertiary/aromatic N) is 4. The van der Waals surface area contributed by atoms with E-state index in [1.807, 2.05) is 36.5 Å². The first-order chi connectivity index (χ1) is 11.6. The first-order valence-corrected chi connectivity index (χ1v) is 9.52. The lowest BCUT2D eigenvalue weighted by atomic mass is 10.1. The molecule has 0 aliphatic carbocycles. The fourth-order valence-corrected chi connectivity index (χ4v) is 4.18. The van der Waals surface area contributed by atoms with Crippen LogP contribution in [-0.4, -0.2) is 51.4 Å². The minimum absolute atomic E-state index is 0.147. The van der Waals surface area contributed by atoms with E-state index in [9.17, 15) is 4.79 Å². The first kappa shape index (κ1) is 17.2. The molecule has 1 unspecified atom stereocenters. The lowest BCUT2D eigenvalue weighted by Crippen LogP contribution is -2.41. The van der Waals surface area contributed by atoms with E-state index >= 15 is 0 Å². The molecule has 2 aromatic rings. The van der Waals surface area contributed by atoms with Gasteiger partial charge in [0.05, 0.1) is 29.5 Å². The van der Waals surface area contributed by atoms with E-state index in [1.165, 1.54) is 4.88 Å². The molecule has 0 bridgehead atoms. The van der Waals surface area contributed by atoms with E-state index in [-0.39, 0.29) is 5.91 Å². The fraction of sp³-hybridized carbons (Fsp3) is 0.556. The molecular formula is C18H26N4OS. The quantitative estimate of drug-likeness (QED) is 0.807. The van der Waals surface area contributed by atoms with E-state index in [0.29, 0.717) is 12.6 Å². The van der Waals surface area contributed by atoms with Crippen LogP contribution < -0.4 is 0 Å². The van der Waals surface area contributed by atoms with Crippen LogP contribution in [0.25, 0.3) is 0 Å². The molecule has 0 saturated carbocycles. The van der Waals surface area contributed by atoms with Gasteiger partial charge in [-0.1, -0.05) is 13.8 Å². The highest BCUT2D eigenvalue weighted by Gasteiger charge is 2.29. The Bertz CT molecular complexity index is 689. The monoisotopic (exact) mass is 346 g/mol. The summed E-state index contributed by atoms with van der Waals surface area (Å²) in [7, 11) is 0. The van der Waals surface area contributed by atoms with Crippen molar-refractivity contribution in [1.29, 1.82) is 0 Å². The van der Waals surface area contributed by atoms with E-state index < -0.39 is 0 Å². The summed E-state index contributed by atoms with van der Waals surface area (Å²) in [5.41, 5.74) is 1.13. The van der Waals surface area contributed by atoms with Gasteiger partial charge in [-0.3, -0.25) is 4.79 Å². The third-order valence-electron chi connectivity index (χ3n) is 4.83. The van der Waals surface area contributed by atoms with Crippen molar-refractivity contribution >= 4 is 17.2 Å². The Morgan fingerprint density at radius 2 is 2.17 bits per heavy atom. The minimum atomic E-state index is 0.147. The largest absolute Gasteiger partial charge is 0.330 e. The molecule has 0 aromatic carbocycles. The van der Waals surface area contributed by atoms with E-state index in [2.05, 4.69) is 28.3 Å². The number of carbonyl (C=O) groups is 1. The maximum Gasteiger partial charge on any atom is 0.264 e. The van der Waals surface area contributed by atoms with Crippen LogP contribution in [-0.2, 0) is 6.54 Å². The van der Waals surface area contributed by atoms with Gasteiger partial charge < -0.3 is 14.4 Å². The molecule has 5 nitrogen and oxygen atoms in total. The third kappa shape index (κ3) is 3.54. The standard InChI is InChI=1S/C18H26N4OS/c1-4-20(5-2)9-8-15-11-21(12-16-10-19-13-22(15)16)18(23)17-7-6-14(3)24-17/h6-7,10,13,15H,4-5,8-9,11-12H2,1-3H3. The number of fused-ring (bicyclic) bond motifs is 1. The normalized spacial score (nSPS) is 17.3. The lowest BCUT2D eigenvalue weighted by molar-refractivity contribution is 0.0673. The van der Waals surface area contributed by atoms with Crippen LogP contribution in [0, 0.1) is 6.92 Å². The summed E-state index contributed by atoms with van der Waals surface area (Å²) in [5.74, 6) is 0.147. The number of aryl methyl sites for hydroxylation is 1. The molecule has 0 radical (unpaired) electrons. The van der Waals surface area contributed by atoms with Gasteiger partial charge in [-0.15, -0.1) is 11.3 Å². The molecule has 0 N–H and O–H groups in total. The molecule has 6 heteroatoms. The minimum Gasteiger partial charge on any atom is -0.330 e. The summed E-state index contributed by atoms with van der Waals surface area (Å²) in [6.45, 7) is 11.0. The van der Waals surface area contributed by atoms with Gasteiger partial charge in [0.2, 0.25) is 0 Å². The van der Waals surface area contributed by atoms with Crippen molar-refractivity contribution in [1.82, 2.24) is 19.4 Å². The Balaban J connectivity index is 1.74. The molecule has 1 atom stereocenters. The summed E-state index contributed by atoms with van der Waals surface area (Å²) in [4.78, 5) is 23.6. The van der Waals surface area contributed by atoms with Crippen LogP contribution in [0.4, 0.5) is 0 Å². The molecule has 0 saturated heterocycles. The summed E-state index contributed by atoms with van der Waals surface area (Å²) in [6.07, 6.45) is 4.85. The summed E-state index contributed by atoms with van der Waals surface area (Å²) < 4.78 is 2.26. The summed E-state index contributed by atoms with van der Waals surface area (Å²) in [5, 5.41) is 0. The number of amides is 1. The molecule has 0 spiro atoms. The first-order valence-electron chi connectivity index (χ1n) is 8.71. The second-order valence-electron chi connectivity index (χ2n) is 6.36. The van der Waals surface area contributed by atoms with Gasteiger partial charge in [-0.05, 0) is 38.6 Å². The Kier molecular flexibility index (Phi) is 5.36. The predicted octanol–water partition coefficient (Wildman–Crippen LogP) is 3.18. The molecule has 2 aromatic heterocycles. The van der Waals surface area contributed by atoms with Crippen molar-refractivity contribution in [2.45, 2.75) is 39.8 Å². The highest BCUT2D eigenvalue weighted by molar-refractivity contribution is 7.13. The van der Waals surface area contributed by atoms with Crippen LogP contribution in [0.1, 0.15) is 46.6 Å². The molecular weight excluding hydrogens is 320 g/mol. The van der Waals surface area contributed by atoms with Gasteiger partial charge in [-0.25, -0.2) is 4.98 Å². The molecule has 24 heavy (non-hydrogen) atoms. The maximum atomic E-state index is 12.8. The van der Waals surface area contributed by atoms with Crippen molar-refractivity contribution in [2.75, 3.05) is 26.2 Å². The average Bonchev–Trinajstić information content (AvgIpc) is 3.23. The molecule has 0 fully saturated rings. The zero-order valence-electron chi connectivity index (χ0n) is 14.7. The van der Waals surface area contributed by atoms with Crippen molar-refractivity contribution < 1.29 is 4.79 Å². The van der Waals surface area contributed by atoms with E-state index in [0.717, 1.165) is 43.2 Å². The Labute approximate surface area is 147 Å². The number of carbonyl (C=O) groups excluding carboxylic acids is 1.